The molecule has 0 fully saturated rings. The van der Waals surface area contributed by atoms with E-state index in [1.165, 1.54) is 13.8 Å². The fraction of sp³-hybridized carbons (Fsp3) is 0.833. The number of carbonyl (C=O) groups excluding carboxylic acids is 1. The van der Waals surface area contributed by atoms with Gasteiger partial charge in [0.15, 0.2) is 0 Å². The van der Waals surface area contributed by atoms with Crippen LogP contribution >= 0.6 is 7.82 Å². The van der Waals surface area contributed by atoms with E-state index in [-0.39, 0.29) is 12.8 Å². The summed E-state index contributed by atoms with van der Waals surface area (Å²) in [6, 6.07) is 0. The van der Waals surface area contributed by atoms with Gasteiger partial charge in [-0.3, -0.25) is 9.79 Å². The Morgan fingerprint density at radius 1 is 1.46 bits per heavy atom. The van der Waals surface area contributed by atoms with Crippen LogP contribution in [-0.4, -0.2) is 21.4 Å². The topological polar surface area (TPSA) is 83.8 Å². The van der Waals surface area contributed by atoms with E-state index >= 15 is 0 Å². The monoisotopic (exact) mass is 214 g/mol. The Balaban J connectivity index is 4.50. The second-order valence-corrected chi connectivity index (χ2v) is 3.71. The van der Waals surface area contributed by atoms with Crippen LogP contribution in [0.1, 0.15) is 26.7 Å². The predicted molar refractivity (Wildman–Crippen MR) is 42.6 cm³/mol. The smallest absolute Gasteiger partial charge is 0.368 e. The van der Waals surface area contributed by atoms with Crippen molar-refractivity contribution in [3.63, 3.8) is 0 Å². The maximum absolute atomic E-state index is 13.4. The number of hydrogen-bond donors (Lipinski definition) is 2. The molecule has 0 saturated heterocycles. The highest BCUT2D eigenvalue weighted by Gasteiger charge is 2.40. The van der Waals surface area contributed by atoms with Crippen molar-refractivity contribution < 1.29 is 28.1 Å². The molecule has 0 aliphatic carbocycles. The van der Waals surface area contributed by atoms with Crippen molar-refractivity contribution in [2.24, 2.45) is 0 Å². The van der Waals surface area contributed by atoms with Crippen molar-refractivity contribution in [1.82, 2.24) is 0 Å². The molecule has 78 valence electrons. The van der Waals surface area contributed by atoms with E-state index in [4.69, 9.17) is 9.79 Å². The van der Waals surface area contributed by atoms with Gasteiger partial charge in [-0.05, 0) is 12.8 Å². The van der Waals surface area contributed by atoms with Crippen LogP contribution in [0.25, 0.3) is 0 Å². The molecule has 0 bridgehead atoms. The number of rotatable bonds is 4. The van der Waals surface area contributed by atoms with Gasteiger partial charge < -0.3 is 4.52 Å². The largest absolute Gasteiger partial charge is 0.527 e. The van der Waals surface area contributed by atoms with Gasteiger partial charge in [0.1, 0.15) is 0 Å². The molecule has 5 nitrogen and oxygen atoms in total. The molecule has 0 saturated carbocycles. The van der Waals surface area contributed by atoms with E-state index in [9.17, 15) is 13.8 Å². The third-order valence-corrected chi connectivity index (χ3v) is 2.09. The van der Waals surface area contributed by atoms with Gasteiger partial charge in [0.25, 0.3) is 0 Å². The minimum Gasteiger partial charge on any atom is -0.368 e. The van der Waals surface area contributed by atoms with Crippen LogP contribution in [-0.2, 0) is 13.9 Å². The molecule has 0 radical (unpaired) electrons. The minimum atomic E-state index is -4.93. The van der Waals surface area contributed by atoms with Crippen LogP contribution in [0.5, 0.6) is 0 Å². The van der Waals surface area contributed by atoms with E-state index < -0.39 is 19.5 Å². The highest BCUT2D eigenvalue weighted by Crippen LogP contribution is 2.39. The predicted octanol–water partition coefficient (Wildman–Crippen LogP) is 1.15. The zero-order valence-corrected chi connectivity index (χ0v) is 8.25. The van der Waals surface area contributed by atoms with Crippen LogP contribution in [0.15, 0.2) is 0 Å². The number of halogens is 1. The normalized spacial score (nSPS) is 12.7. The molecule has 0 aromatic carbocycles. The summed E-state index contributed by atoms with van der Waals surface area (Å²) < 4.78 is 27.2. The second kappa shape index (κ2) is 4.17. The maximum Gasteiger partial charge on any atom is 0.527 e. The number of phosphoric acid groups is 1. The quantitative estimate of drug-likeness (QED) is 0.685. The average Bonchev–Trinajstić information content (AvgIpc) is 2.00. The fourth-order valence-electron chi connectivity index (χ4n) is 0.728. The average molecular weight is 214 g/mol. The van der Waals surface area contributed by atoms with Gasteiger partial charge in [-0.25, -0.2) is 13.8 Å². The Kier molecular flexibility index (Phi) is 4.03. The Morgan fingerprint density at radius 3 is 2.08 bits per heavy atom. The van der Waals surface area contributed by atoms with Crippen LogP contribution in [0.3, 0.4) is 0 Å². The maximum atomic E-state index is 13.4. The highest BCUT2D eigenvalue weighted by molar-refractivity contribution is 7.46. The lowest BCUT2D eigenvalue weighted by molar-refractivity contribution is -0.149. The highest BCUT2D eigenvalue weighted by atomic mass is 31.2. The molecule has 0 aliphatic heterocycles. The summed E-state index contributed by atoms with van der Waals surface area (Å²) in [5.74, 6) is -1.51. The van der Waals surface area contributed by atoms with Gasteiger partial charge in [0.2, 0.25) is 5.67 Å². The SMILES string of the molecule is CCC(F)(CC)C(=O)OP(=O)(O)O. The van der Waals surface area contributed by atoms with Crippen molar-refractivity contribution in [2.45, 2.75) is 32.4 Å². The van der Waals surface area contributed by atoms with Gasteiger partial charge in [-0.15, -0.1) is 0 Å². The van der Waals surface area contributed by atoms with Gasteiger partial charge in [0.05, 0.1) is 0 Å². The van der Waals surface area contributed by atoms with Crippen LogP contribution < -0.4 is 0 Å². The van der Waals surface area contributed by atoms with E-state index in [1.807, 2.05) is 0 Å². The summed E-state index contributed by atoms with van der Waals surface area (Å²) in [5.41, 5.74) is -2.30. The minimum absolute atomic E-state index is 0.178. The third kappa shape index (κ3) is 3.85. The second-order valence-electron chi connectivity index (χ2n) is 2.54. The molecule has 13 heavy (non-hydrogen) atoms. The molecular weight excluding hydrogens is 202 g/mol. The molecule has 7 heteroatoms. The lowest BCUT2D eigenvalue weighted by Gasteiger charge is -2.19. The van der Waals surface area contributed by atoms with Crippen LogP contribution in [0, 0.1) is 0 Å². The molecular formula is C6H12FO5P. The van der Waals surface area contributed by atoms with E-state index in [0.29, 0.717) is 0 Å². The molecule has 2 N–H and O–H groups in total. The Morgan fingerprint density at radius 2 is 1.85 bits per heavy atom. The summed E-state index contributed by atoms with van der Waals surface area (Å²) >= 11 is 0. The first-order valence-corrected chi connectivity index (χ1v) is 5.26. The molecule has 0 rings (SSSR count). The molecule has 0 heterocycles. The van der Waals surface area contributed by atoms with Crippen molar-refractivity contribution in [2.75, 3.05) is 0 Å². The molecule has 0 unspecified atom stereocenters. The van der Waals surface area contributed by atoms with E-state index in [2.05, 4.69) is 4.52 Å². The first-order chi connectivity index (χ1) is 5.75. The molecule has 0 atom stereocenters. The zero-order chi connectivity index (χ0) is 10.7. The number of phosphoric ester groups is 1. The van der Waals surface area contributed by atoms with Crippen molar-refractivity contribution in [3.05, 3.63) is 0 Å². The summed E-state index contributed by atoms with van der Waals surface area (Å²) in [6.07, 6.45) is -0.356. The van der Waals surface area contributed by atoms with Crippen LogP contribution in [0.4, 0.5) is 4.39 Å². The van der Waals surface area contributed by atoms with Gasteiger partial charge in [-0.1, -0.05) is 13.8 Å². The summed E-state index contributed by atoms with van der Waals surface area (Å²) in [4.78, 5) is 27.3. The third-order valence-electron chi connectivity index (χ3n) is 1.69. The summed E-state index contributed by atoms with van der Waals surface area (Å²) in [6.45, 7) is 2.79. The molecule has 0 spiro atoms. The first kappa shape index (κ1) is 12.6. The Labute approximate surface area is 75.1 Å². The molecule has 0 aliphatic rings. The first-order valence-electron chi connectivity index (χ1n) is 3.73. The van der Waals surface area contributed by atoms with Crippen LogP contribution in [0.2, 0.25) is 0 Å². The van der Waals surface area contributed by atoms with Crippen molar-refractivity contribution in [1.29, 1.82) is 0 Å². The summed E-state index contributed by atoms with van der Waals surface area (Å²) in [7, 11) is -4.93. The number of carbonyl (C=O) groups is 1. The van der Waals surface area contributed by atoms with Crippen molar-refractivity contribution in [3.8, 4) is 0 Å². The fourth-order valence-corrected chi connectivity index (χ4v) is 1.11. The Hall–Kier alpha value is -0.450. The standard InChI is InChI=1S/C6H12FO5P/c1-3-6(7,4-2)5(8)12-13(9,10)11/h3-4H2,1-2H3,(H2,9,10,11). The van der Waals surface area contributed by atoms with Gasteiger partial charge >= 0.3 is 13.8 Å². The zero-order valence-electron chi connectivity index (χ0n) is 7.36. The molecule has 0 aromatic heterocycles. The molecule has 0 aromatic rings. The lowest BCUT2D eigenvalue weighted by atomic mass is 10.0. The Bertz CT molecular complexity index is 231. The number of hydrogen-bond acceptors (Lipinski definition) is 3. The summed E-state index contributed by atoms with van der Waals surface area (Å²) in [5, 5.41) is 0. The lowest BCUT2D eigenvalue weighted by Crippen LogP contribution is -2.33. The van der Waals surface area contributed by atoms with Crippen molar-refractivity contribution >= 4 is 13.8 Å². The van der Waals surface area contributed by atoms with Gasteiger partial charge in [-0.2, -0.15) is 0 Å². The van der Waals surface area contributed by atoms with E-state index in [1.54, 1.807) is 0 Å². The van der Waals surface area contributed by atoms with Gasteiger partial charge in [0, 0.05) is 0 Å². The molecule has 0 amide bonds. The number of alkyl halides is 1. The van der Waals surface area contributed by atoms with E-state index in [0.717, 1.165) is 0 Å².